The topological polar surface area (TPSA) is 30.5 Å². The van der Waals surface area contributed by atoms with Crippen LogP contribution >= 0.6 is 46.4 Å². The zero-order chi connectivity index (χ0) is 17.7. The highest BCUT2D eigenvalue weighted by molar-refractivity contribution is 14.1. The summed E-state index contributed by atoms with van der Waals surface area (Å²) in [5.41, 5.74) is 4.28. The first-order valence-electron chi connectivity index (χ1n) is 7.50. The SMILES string of the molecule is CCc1cc(Cl)c(OCc2c(I)cccc2NC(=S)OC)cc1C. The molecule has 0 fully saturated rings. The second-order valence-electron chi connectivity index (χ2n) is 5.23. The van der Waals surface area contributed by atoms with Gasteiger partial charge in [0.05, 0.1) is 12.1 Å². The van der Waals surface area contributed by atoms with Crippen LogP contribution in [-0.4, -0.2) is 12.3 Å². The molecule has 6 heteroatoms. The first-order valence-corrected chi connectivity index (χ1v) is 9.37. The Labute approximate surface area is 166 Å². The molecule has 0 atom stereocenters. The summed E-state index contributed by atoms with van der Waals surface area (Å²) in [6.07, 6.45) is 0.949. The summed E-state index contributed by atoms with van der Waals surface area (Å²) < 4.78 is 12.1. The Morgan fingerprint density at radius 3 is 2.75 bits per heavy atom. The fourth-order valence-electron chi connectivity index (χ4n) is 2.32. The minimum absolute atomic E-state index is 0.319. The maximum Gasteiger partial charge on any atom is 0.260 e. The van der Waals surface area contributed by atoms with E-state index in [2.05, 4.69) is 41.8 Å². The van der Waals surface area contributed by atoms with E-state index in [4.69, 9.17) is 33.3 Å². The van der Waals surface area contributed by atoms with Crippen LogP contribution in [0.25, 0.3) is 0 Å². The van der Waals surface area contributed by atoms with Crippen molar-refractivity contribution in [2.45, 2.75) is 26.9 Å². The fourth-order valence-corrected chi connectivity index (χ4v) is 3.33. The molecule has 0 aliphatic heterocycles. The monoisotopic (exact) mass is 475 g/mol. The average molecular weight is 476 g/mol. The zero-order valence-electron chi connectivity index (χ0n) is 13.8. The third-order valence-corrected chi connectivity index (χ3v) is 5.26. The quantitative estimate of drug-likeness (QED) is 0.441. The first kappa shape index (κ1) is 19.3. The van der Waals surface area contributed by atoms with Gasteiger partial charge in [-0.3, -0.25) is 0 Å². The second kappa shape index (κ2) is 8.87. The molecule has 1 N–H and O–H groups in total. The van der Waals surface area contributed by atoms with Crippen molar-refractivity contribution in [2.24, 2.45) is 0 Å². The van der Waals surface area contributed by atoms with Crippen LogP contribution in [0.15, 0.2) is 30.3 Å². The number of hydrogen-bond donors (Lipinski definition) is 1. The molecule has 3 nitrogen and oxygen atoms in total. The van der Waals surface area contributed by atoms with E-state index >= 15 is 0 Å². The number of ether oxygens (including phenoxy) is 2. The van der Waals surface area contributed by atoms with Crippen LogP contribution < -0.4 is 10.1 Å². The molecular weight excluding hydrogens is 457 g/mol. The van der Waals surface area contributed by atoms with Gasteiger partial charge < -0.3 is 14.8 Å². The van der Waals surface area contributed by atoms with Gasteiger partial charge in [0, 0.05) is 14.8 Å². The van der Waals surface area contributed by atoms with Crippen LogP contribution in [0.5, 0.6) is 5.75 Å². The molecule has 2 aromatic rings. The van der Waals surface area contributed by atoms with E-state index in [0.29, 0.717) is 22.6 Å². The van der Waals surface area contributed by atoms with Gasteiger partial charge in [-0.2, -0.15) is 0 Å². The number of benzene rings is 2. The number of nitrogens with one attached hydrogen (secondary N) is 1. The number of thiocarbonyl (C=S) groups is 1. The summed E-state index contributed by atoms with van der Waals surface area (Å²) in [6.45, 7) is 4.57. The summed E-state index contributed by atoms with van der Waals surface area (Å²) in [7, 11) is 1.54. The van der Waals surface area contributed by atoms with Crippen molar-refractivity contribution in [1.82, 2.24) is 0 Å². The van der Waals surface area contributed by atoms with Crippen molar-refractivity contribution in [3.63, 3.8) is 0 Å². The predicted molar refractivity (Wildman–Crippen MR) is 112 cm³/mol. The normalized spacial score (nSPS) is 10.4. The van der Waals surface area contributed by atoms with E-state index < -0.39 is 0 Å². The van der Waals surface area contributed by atoms with Crippen LogP contribution in [0, 0.1) is 10.5 Å². The molecule has 0 unspecified atom stereocenters. The standard InChI is InChI=1S/C18H19ClINO2S/c1-4-12-9-14(19)17(8-11(12)2)23-10-13-15(20)6-5-7-16(13)21-18(24)22-3/h5-9H,4,10H2,1-3H3,(H,21,24). The first-order chi connectivity index (χ1) is 11.5. The van der Waals surface area contributed by atoms with Crippen LogP contribution in [0.1, 0.15) is 23.6 Å². The van der Waals surface area contributed by atoms with Gasteiger partial charge in [-0.15, -0.1) is 0 Å². The van der Waals surface area contributed by atoms with Gasteiger partial charge in [0.2, 0.25) is 0 Å². The smallest absolute Gasteiger partial charge is 0.260 e. The molecule has 0 aromatic heterocycles. The Balaban J connectivity index is 2.23. The van der Waals surface area contributed by atoms with Crippen molar-refractivity contribution in [1.29, 1.82) is 0 Å². The Bertz CT molecular complexity index is 752. The number of rotatable bonds is 5. The lowest BCUT2D eigenvalue weighted by Gasteiger charge is -2.16. The largest absolute Gasteiger partial charge is 0.487 e. The lowest BCUT2D eigenvalue weighted by Crippen LogP contribution is -2.13. The highest BCUT2D eigenvalue weighted by Crippen LogP contribution is 2.31. The summed E-state index contributed by atoms with van der Waals surface area (Å²) >= 11 is 13.7. The molecule has 0 bridgehead atoms. The summed E-state index contributed by atoms with van der Waals surface area (Å²) in [5.74, 6) is 0.686. The van der Waals surface area contributed by atoms with Gasteiger partial charge >= 0.3 is 0 Å². The van der Waals surface area contributed by atoms with Crippen LogP contribution in [0.3, 0.4) is 0 Å². The van der Waals surface area contributed by atoms with E-state index in [0.717, 1.165) is 21.2 Å². The minimum atomic E-state index is 0.319. The second-order valence-corrected chi connectivity index (χ2v) is 7.17. The number of halogens is 2. The Morgan fingerprint density at radius 1 is 1.33 bits per heavy atom. The molecule has 0 heterocycles. The number of aryl methyl sites for hydroxylation is 2. The third kappa shape index (κ3) is 4.74. The van der Waals surface area contributed by atoms with Crippen molar-refractivity contribution in [3.8, 4) is 5.75 Å². The van der Waals surface area contributed by atoms with Crippen LogP contribution in [0.4, 0.5) is 5.69 Å². The Hall–Kier alpha value is -1.05. The molecule has 0 saturated carbocycles. The Morgan fingerprint density at radius 2 is 2.08 bits per heavy atom. The van der Waals surface area contributed by atoms with E-state index in [-0.39, 0.29) is 0 Å². The van der Waals surface area contributed by atoms with E-state index in [1.54, 1.807) is 0 Å². The number of methoxy groups -OCH3 is 1. The molecule has 0 radical (unpaired) electrons. The number of anilines is 1. The summed E-state index contributed by atoms with van der Waals surface area (Å²) in [5, 5.41) is 4.02. The van der Waals surface area contributed by atoms with Crippen molar-refractivity contribution in [3.05, 3.63) is 55.6 Å². The van der Waals surface area contributed by atoms with Crippen molar-refractivity contribution >= 4 is 57.3 Å². The van der Waals surface area contributed by atoms with Crippen molar-refractivity contribution in [2.75, 3.05) is 12.4 Å². The van der Waals surface area contributed by atoms with E-state index in [9.17, 15) is 0 Å². The van der Waals surface area contributed by atoms with Crippen molar-refractivity contribution < 1.29 is 9.47 Å². The van der Waals surface area contributed by atoms with Gasteiger partial charge in [-0.25, -0.2) is 0 Å². The maximum atomic E-state index is 6.35. The fraction of sp³-hybridized carbons (Fsp3) is 0.278. The molecule has 0 spiro atoms. The predicted octanol–water partition coefficient (Wildman–Crippen LogP) is 5.74. The van der Waals surface area contributed by atoms with Gasteiger partial charge in [-0.05, 0) is 83.5 Å². The Kier molecular flexibility index (Phi) is 7.13. The highest BCUT2D eigenvalue weighted by atomic mass is 127. The molecular formula is C18H19ClINO2S. The zero-order valence-corrected chi connectivity index (χ0v) is 17.5. The summed E-state index contributed by atoms with van der Waals surface area (Å²) in [4.78, 5) is 0. The molecule has 0 saturated heterocycles. The molecule has 24 heavy (non-hydrogen) atoms. The molecule has 0 aliphatic rings. The molecule has 128 valence electrons. The van der Waals surface area contributed by atoms with Gasteiger partial charge in [0.1, 0.15) is 12.4 Å². The van der Waals surface area contributed by atoms with Gasteiger partial charge in [-0.1, -0.05) is 24.6 Å². The van der Waals surface area contributed by atoms with Gasteiger partial charge in [0.25, 0.3) is 5.17 Å². The van der Waals surface area contributed by atoms with E-state index in [1.807, 2.05) is 30.3 Å². The van der Waals surface area contributed by atoms with Gasteiger partial charge in [0.15, 0.2) is 0 Å². The molecule has 2 aromatic carbocycles. The lowest BCUT2D eigenvalue weighted by atomic mass is 10.1. The molecule has 0 amide bonds. The minimum Gasteiger partial charge on any atom is -0.487 e. The van der Waals surface area contributed by atoms with E-state index in [1.165, 1.54) is 18.2 Å². The average Bonchev–Trinajstić information content (AvgIpc) is 2.56. The lowest BCUT2D eigenvalue weighted by molar-refractivity contribution is 0.306. The molecule has 2 rings (SSSR count). The summed E-state index contributed by atoms with van der Waals surface area (Å²) in [6, 6.07) is 9.89. The molecule has 0 aliphatic carbocycles. The third-order valence-electron chi connectivity index (χ3n) is 3.68. The maximum absolute atomic E-state index is 6.35. The van der Waals surface area contributed by atoms with Crippen LogP contribution in [0.2, 0.25) is 5.02 Å². The number of hydrogen-bond acceptors (Lipinski definition) is 3. The van der Waals surface area contributed by atoms with Crippen LogP contribution in [-0.2, 0) is 17.8 Å². The highest BCUT2D eigenvalue weighted by Gasteiger charge is 2.11.